The van der Waals surface area contributed by atoms with Crippen LogP contribution in [-0.2, 0) is 6.42 Å². The van der Waals surface area contributed by atoms with Crippen LogP contribution in [0.2, 0.25) is 0 Å². The second-order valence-corrected chi connectivity index (χ2v) is 4.60. The standard InChI is InChI=1S/C12H20N4O/c1-3-9-5-7-16(8-6-9)12(17)11-13-10(4-2)14-15-11/h9H,3-8H2,1-2H3,(H,13,14,15). The van der Waals surface area contributed by atoms with Gasteiger partial charge in [0.25, 0.3) is 5.91 Å². The second kappa shape index (κ2) is 5.29. The fourth-order valence-electron chi connectivity index (χ4n) is 2.23. The van der Waals surface area contributed by atoms with Crippen LogP contribution in [0.3, 0.4) is 0 Å². The van der Waals surface area contributed by atoms with Crippen molar-refractivity contribution in [1.29, 1.82) is 0 Å². The zero-order valence-electron chi connectivity index (χ0n) is 10.6. The number of aromatic nitrogens is 3. The summed E-state index contributed by atoms with van der Waals surface area (Å²) in [6, 6.07) is 0. The maximum absolute atomic E-state index is 12.1. The molecule has 1 N–H and O–H groups in total. The predicted molar refractivity (Wildman–Crippen MR) is 64.7 cm³/mol. The smallest absolute Gasteiger partial charge is 0.293 e. The lowest BCUT2D eigenvalue weighted by Crippen LogP contribution is -2.38. The highest BCUT2D eigenvalue weighted by Gasteiger charge is 2.24. The first kappa shape index (κ1) is 12.1. The van der Waals surface area contributed by atoms with Gasteiger partial charge in [-0.1, -0.05) is 20.3 Å². The highest BCUT2D eigenvalue weighted by atomic mass is 16.2. The van der Waals surface area contributed by atoms with Crippen molar-refractivity contribution in [2.75, 3.05) is 13.1 Å². The van der Waals surface area contributed by atoms with Crippen LogP contribution in [0.4, 0.5) is 0 Å². The monoisotopic (exact) mass is 236 g/mol. The van der Waals surface area contributed by atoms with Crippen molar-refractivity contribution in [3.63, 3.8) is 0 Å². The SMILES string of the molecule is CCc1nc(C(=O)N2CCC(CC)CC2)n[nH]1. The van der Waals surface area contributed by atoms with Crippen molar-refractivity contribution in [2.45, 2.75) is 39.5 Å². The molecule has 1 aliphatic rings. The van der Waals surface area contributed by atoms with E-state index in [4.69, 9.17) is 0 Å². The Morgan fingerprint density at radius 2 is 2.12 bits per heavy atom. The van der Waals surface area contributed by atoms with Gasteiger partial charge in [-0.05, 0) is 18.8 Å². The summed E-state index contributed by atoms with van der Waals surface area (Å²) >= 11 is 0. The third-order valence-corrected chi connectivity index (χ3v) is 3.54. The van der Waals surface area contributed by atoms with Gasteiger partial charge in [-0.2, -0.15) is 0 Å². The number of nitrogens with zero attached hydrogens (tertiary/aromatic N) is 3. The van der Waals surface area contributed by atoms with Gasteiger partial charge in [0.05, 0.1) is 0 Å². The minimum absolute atomic E-state index is 0.0319. The molecule has 94 valence electrons. The molecule has 0 aliphatic carbocycles. The topological polar surface area (TPSA) is 61.9 Å². The summed E-state index contributed by atoms with van der Waals surface area (Å²) < 4.78 is 0. The van der Waals surface area contributed by atoms with E-state index in [0.717, 1.165) is 44.1 Å². The normalized spacial score (nSPS) is 17.4. The van der Waals surface area contributed by atoms with E-state index in [-0.39, 0.29) is 5.91 Å². The summed E-state index contributed by atoms with van der Waals surface area (Å²) in [6.07, 6.45) is 4.20. The maximum Gasteiger partial charge on any atom is 0.293 e. The molecule has 5 heteroatoms. The molecule has 1 aromatic heterocycles. The minimum Gasteiger partial charge on any atom is -0.336 e. The number of rotatable bonds is 3. The van der Waals surface area contributed by atoms with E-state index in [1.807, 2.05) is 11.8 Å². The zero-order valence-corrected chi connectivity index (χ0v) is 10.6. The molecule has 1 fully saturated rings. The zero-order chi connectivity index (χ0) is 12.3. The summed E-state index contributed by atoms with van der Waals surface area (Å²) in [4.78, 5) is 18.2. The van der Waals surface area contributed by atoms with Crippen molar-refractivity contribution in [3.05, 3.63) is 11.6 Å². The molecule has 2 rings (SSSR count). The molecule has 1 aromatic rings. The van der Waals surface area contributed by atoms with Crippen LogP contribution in [0.5, 0.6) is 0 Å². The minimum atomic E-state index is -0.0319. The molecule has 17 heavy (non-hydrogen) atoms. The average molecular weight is 236 g/mol. The molecule has 1 amide bonds. The van der Waals surface area contributed by atoms with Gasteiger partial charge in [0.2, 0.25) is 5.82 Å². The summed E-state index contributed by atoms with van der Waals surface area (Å²) in [5.74, 6) is 1.83. The largest absolute Gasteiger partial charge is 0.336 e. The molecule has 0 atom stereocenters. The Bertz CT molecular complexity index is 380. The number of amides is 1. The maximum atomic E-state index is 12.1. The lowest BCUT2D eigenvalue weighted by molar-refractivity contribution is 0.0677. The van der Waals surface area contributed by atoms with E-state index in [1.165, 1.54) is 6.42 Å². The van der Waals surface area contributed by atoms with Gasteiger partial charge in [-0.3, -0.25) is 9.89 Å². The first-order valence-electron chi connectivity index (χ1n) is 6.45. The van der Waals surface area contributed by atoms with Gasteiger partial charge < -0.3 is 4.90 Å². The van der Waals surface area contributed by atoms with Gasteiger partial charge in [0.15, 0.2) is 0 Å². The van der Waals surface area contributed by atoms with Gasteiger partial charge in [0, 0.05) is 19.5 Å². The summed E-state index contributed by atoms with van der Waals surface area (Å²) in [5.41, 5.74) is 0. The summed E-state index contributed by atoms with van der Waals surface area (Å²) in [7, 11) is 0. The molecular formula is C12H20N4O. The van der Waals surface area contributed by atoms with E-state index < -0.39 is 0 Å². The van der Waals surface area contributed by atoms with Crippen molar-refractivity contribution in [1.82, 2.24) is 20.1 Å². The Kier molecular flexibility index (Phi) is 3.76. The number of hydrogen-bond acceptors (Lipinski definition) is 3. The molecule has 0 spiro atoms. The summed E-state index contributed by atoms with van der Waals surface area (Å²) in [6.45, 7) is 5.88. The number of aryl methyl sites for hydroxylation is 1. The number of H-pyrrole nitrogens is 1. The molecule has 2 heterocycles. The Hall–Kier alpha value is -1.39. The number of carbonyl (C=O) groups excluding carboxylic acids is 1. The third-order valence-electron chi connectivity index (χ3n) is 3.54. The Morgan fingerprint density at radius 1 is 1.41 bits per heavy atom. The highest BCUT2D eigenvalue weighted by Crippen LogP contribution is 2.20. The molecule has 5 nitrogen and oxygen atoms in total. The Balaban J connectivity index is 1.96. The van der Waals surface area contributed by atoms with Crippen molar-refractivity contribution in [2.24, 2.45) is 5.92 Å². The van der Waals surface area contributed by atoms with Crippen LogP contribution in [-0.4, -0.2) is 39.1 Å². The van der Waals surface area contributed by atoms with Gasteiger partial charge in [-0.15, -0.1) is 5.10 Å². The number of hydrogen-bond donors (Lipinski definition) is 1. The molecule has 0 radical (unpaired) electrons. The van der Waals surface area contributed by atoms with E-state index in [9.17, 15) is 4.79 Å². The number of aromatic amines is 1. The lowest BCUT2D eigenvalue weighted by atomic mass is 9.94. The average Bonchev–Trinajstić information content (AvgIpc) is 2.87. The first-order valence-corrected chi connectivity index (χ1v) is 6.45. The Labute approximate surface area is 102 Å². The molecule has 0 unspecified atom stereocenters. The molecular weight excluding hydrogens is 216 g/mol. The Morgan fingerprint density at radius 3 is 2.65 bits per heavy atom. The number of piperidine rings is 1. The molecule has 0 aromatic carbocycles. The lowest BCUT2D eigenvalue weighted by Gasteiger charge is -2.30. The van der Waals surface area contributed by atoms with Crippen LogP contribution in [0, 0.1) is 5.92 Å². The molecule has 1 aliphatic heterocycles. The quantitative estimate of drug-likeness (QED) is 0.867. The third kappa shape index (κ3) is 2.65. The van der Waals surface area contributed by atoms with Crippen LogP contribution >= 0.6 is 0 Å². The van der Waals surface area contributed by atoms with Crippen molar-refractivity contribution < 1.29 is 4.79 Å². The van der Waals surface area contributed by atoms with E-state index in [1.54, 1.807) is 0 Å². The summed E-state index contributed by atoms with van der Waals surface area (Å²) in [5, 5.41) is 6.76. The number of likely N-dealkylation sites (tertiary alicyclic amines) is 1. The molecule has 0 bridgehead atoms. The van der Waals surface area contributed by atoms with Crippen LogP contribution < -0.4 is 0 Å². The van der Waals surface area contributed by atoms with Crippen molar-refractivity contribution >= 4 is 5.91 Å². The van der Waals surface area contributed by atoms with Crippen molar-refractivity contribution in [3.8, 4) is 0 Å². The predicted octanol–water partition coefficient (Wildman–Crippen LogP) is 1.63. The second-order valence-electron chi connectivity index (χ2n) is 4.60. The van der Waals surface area contributed by atoms with Gasteiger partial charge in [0.1, 0.15) is 5.82 Å². The fraction of sp³-hybridized carbons (Fsp3) is 0.750. The van der Waals surface area contributed by atoms with Gasteiger partial charge >= 0.3 is 0 Å². The fourth-order valence-corrected chi connectivity index (χ4v) is 2.23. The van der Waals surface area contributed by atoms with E-state index >= 15 is 0 Å². The molecule has 0 saturated carbocycles. The van der Waals surface area contributed by atoms with Crippen LogP contribution in [0.25, 0.3) is 0 Å². The first-order chi connectivity index (χ1) is 8.24. The highest BCUT2D eigenvalue weighted by molar-refractivity contribution is 5.90. The number of nitrogens with one attached hydrogen (secondary N) is 1. The van der Waals surface area contributed by atoms with E-state index in [0.29, 0.717) is 5.82 Å². The van der Waals surface area contributed by atoms with E-state index in [2.05, 4.69) is 22.1 Å². The van der Waals surface area contributed by atoms with Crippen LogP contribution in [0.1, 0.15) is 49.6 Å². The van der Waals surface area contributed by atoms with Crippen LogP contribution in [0.15, 0.2) is 0 Å². The van der Waals surface area contributed by atoms with Gasteiger partial charge in [-0.25, -0.2) is 4.98 Å². The number of carbonyl (C=O) groups is 1. The molecule has 1 saturated heterocycles.